The minimum Gasteiger partial charge on any atom is -0.837 e. The molecule has 0 aliphatic heterocycles. The van der Waals surface area contributed by atoms with Gasteiger partial charge >= 0.3 is 169 Å². The second-order valence-electron chi connectivity index (χ2n) is 10.6. The van der Waals surface area contributed by atoms with Gasteiger partial charge in [-0.25, -0.2) is 0 Å². The third-order valence-electron chi connectivity index (χ3n) is 6.15. The molecule has 0 fully saturated rings. The molecule has 0 atom stereocenters. The zero-order valence-electron chi connectivity index (χ0n) is 35.9. The van der Waals surface area contributed by atoms with Crippen LogP contribution >= 0.6 is 0 Å². The van der Waals surface area contributed by atoms with Gasteiger partial charge in [0.15, 0.2) is 0 Å². The molecule has 0 amide bonds. The fourth-order valence-electron chi connectivity index (χ4n) is 2.91. The van der Waals surface area contributed by atoms with Crippen molar-refractivity contribution in [3.8, 4) is 0 Å². The molecule has 0 aromatic carbocycles. The van der Waals surface area contributed by atoms with Crippen molar-refractivity contribution in [1.82, 2.24) is 0 Å². The summed E-state index contributed by atoms with van der Waals surface area (Å²) in [5.41, 5.74) is -31.4. The van der Waals surface area contributed by atoms with E-state index in [1.165, 1.54) is 0 Å². The fourth-order valence-corrected chi connectivity index (χ4v) is 2.91. The molecule has 0 saturated heterocycles. The minimum atomic E-state index is -7.86. The van der Waals surface area contributed by atoms with Crippen molar-refractivity contribution in [1.29, 1.82) is 0 Å². The molecule has 0 aromatic rings. The van der Waals surface area contributed by atoms with E-state index in [4.69, 9.17) is 0 Å². The van der Waals surface area contributed by atoms with Gasteiger partial charge in [-0.1, -0.05) is 0 Å². The van der Waals surface area contributed by atoms with Gasteiger partial charge in [-0.2, -0.15) is 105 Å². The summed E-state index contributed by atoms with van der Waals surface area (Å²) in [6.45, 7) is 5.53. The van der Waals surface area contributed by atoms with Crippen molar-refractivity contribution in [3.63, 3.8) is 0 Å². The van der Waals surface area contributed by atoms with Crippen molar-refractivity contribution in [2.24, 2.45) is 0 Å². The summed E-state index contributed by atoms with van der Waals surface area (Å²) in [6, 6.07) is 0. The van der Waals surface area contributed by atoms with E-state index in [2.05, 4.69) is 37.9 Å². The van der Waals surface area contributed by atoms with E-state index in [9.17, 15) is 126 Å². The van der Waals surface area contributed by atoms with Crippen LogP contribution in [0.2, 0.25) is 0 Å². The van der Waals surface area contributed by atoms with Gasteiger partial charge in [-0.15, -0.1) is 0 Å². The number of alkyl halides is 24. The van der Waals surface area contributed by atoms with Gasteiger partial charge in [-0.3, -0.25) is 0 Å². The minimum absolute atomic E-state index is 0. The van der Waals surface area contributed by atoms with Gasteiger partial charge in [0.1, 0.15) is 0 Å². The molecule has 0 rings (SSSR count). The zero-order valence-corrected chi connectivity index (χ0v) is 43.2. The van der Waals surface area contributed by atoms with Crippen LogP contribution in [0.3, 0.4) is 0 Å². The van der Waals surface area contributed by atoms with Crippen molar-refractivity contribution in [3.05, 3.63) is 0 Å². The normalized spacial score (nSPS) is 13.1. The van der Waals surface area contributed by atoms with Crippen molar-refractivity contribution in [2.75, 3.05) is 110 Å². The first kappa shape index (κ1) is 88.3. The molecule has 0 heterocycles. The number of methoxy groups -OCH3 is 8. The molecule has 0 bridgehead atoms. The van der Waals surface area contributed by atoms with E-state index >= 15 is 0 Å². The molecule has 0 aromatic heterocycles. The number of rotatable bonds is 14. The standard InChI is InChI=1S/2C6F12O2.4C4H10O2.2K.Ni/c2*7-3(8,9)1(19,4(10,11)12)2(20,5(13,14)15)6(16,17)18;4*1-5-3-4-6-2;;;/h;;4*3-4H2,1-2H3;;;/q2*-2;;;;;2*+1;+2. The van der Waals surface area contributed by atoms with E-state index in [1.807, 2.05) is 0 Å². The predicted molar refractivity (Wildman–Crippen MR) is 154 cm³/mol. The van der Waals surface area contributed by atoms with Crippen LogP contribution in [0.5, 0.6) is 0 Å². The number of hydrogen-bond acceptors (Lipinski definition) is 12. The Morgan fingerprint density at radius 1 is 0.224 bits per heavy atom. The fraction of sp³-hybridized carbons (Fsp3) is 1.00. The third kappa shape index (κ3) is 27.1. The van der Waals surface area contributed by atoms with Gasteiger partial charge in [0.25, 0.3) is 0 Å². The summed E-state index contributed by atoms with van der Waals surface area (Å²) in [4.78, 5) is 0. The molecular weight excluding hydrogens is 1120 g/mol. The Balaban J connectivity index is -0.0000000942. The van der Waals surface area contributed by atoms with E-state index in [1.54, 1.807) is 56.9 Å². The van der Waals surface area contributed by atoms with Crippen LogP contribution < -0.4 is 123 Å². The first-order chi connectivity index (χ1) is 28.2. The third-order valence-corrected chi connectivity index (χ3v) is 6.15. The molecule has 0 saturated carbocycles. The second kappa shape index (κ2) is 37.4. The molecule has 0 aliphatic rings. The molecule has 67 heavy (non-hydrogen) atoms. The topological polar surface area (TPSA) is 166 Å². The van der Waals surface area contributed by atoms with Crippen LogP contribution in [0.25, 0.3) is 0 Å². The number of ether oxygens (including phenoxy) is 8. The molecule has 404 valence electrons. The SMILES string of the molecule is COCCOC.COCCOC.COCCOC.COCCOC.[K+].[K+].[Ni+2].[O-]C(C(F)(F)F)(C(F)(F)F)C([O-])(C(F)(F)F)C(F)(F)F.[O-]C(C(F)(F)F)(C(F)(F)F)C([O-])(C(F)(F)F)C(F)(F)F. The molecule has 0 unspecified atom stereocenters. The maximum absolute atomic E-state index is 11.9. The molecule has 0 spiro atoms. The van der Waals surface area contributed by atoms with Crippen molar-refractivity contribution in [2.45, 2.75) is 71.8 Å². The number of hydrogen-bond donors (Lipinski definition) is 0. The van der Waals surface area contributed by atoms with E-state index in [0.29, 0.717) is 52.9 Å². The first-order valence-corrected chi connectivity index (χ1v) is 15.4. The van der Waals surface area contributed by atoms with Crippen molar-refractivity contribution < 1.29 is 283 Å². The zero-order chi connectivity index (χ0) is 53.3. The average Bonchev–Trinajstić information content (AvgIpc) is 3.10. The van der Waals surface area contributed by atoms with E-state index < -0.39 is 71.8 Å². The maximum Gasteiger partial charge on any atom is 2.00 e. The Kier molecular flexibility index (Phi) is 49.2. The largest absolute Gasteiger partial charge is 2.00 e. The first-order valence-electron chi connectivity index (χ1n) is 15.4. The molecule has 0 radical (unpaired) electrons. The van der Waals surface area contributed by atoms with Crippen LogP contribution in [0.15, 0.2) is 0 Å². The Labute approximate surface area is 460 Å². The average molecular weight is 1160 g/mol. The molecular formula is C28H40F24K2NiO12. The van der Waals surface area contributed by atoms with Crippen LogP contribution in [0.4, 0.5) is 105 Å². The van der Waals surface area contributed by atoms with Gasteiger partial charge < -0.3 is 58.3 Å². The molecule has 0 N–H and O–H groups in total. The summed E-state index contributed by atoms with van der Waals surface area (Å²) in [6.07, 6.45) is -61.6. The van der Waals surface area contributed by atoms with Crippen LogP contribution in [0.1, 0.15) is 0 Å². The van der Waals surface area contributed by atoms with Crippen LogP contribution in [-0.2, 0) is 54.4 Å². The molecule has 39 heteroatoms. The Bertz CT molecular complexity index is 922. The molecule has 0 aliphatic carbocycles. The maximum atomic E-state index is 11.9. The summed E-state index contributed by atoms with van der Waals surface area (Å²) < 4.78 is 323. The van der Waals surface area contributed by atoms with E-state index in [0.717, 1.165) is 0 Å². The Morgan fingerprint density at radius 3 is 0.313 bits per heavy atom. The van der Waals surface area contributed by atoms with Gasteiger partial charge in [0.2, 0.25) is 0 Å². The van der Waals surface area contributed by atoms with Crippen LogP contribution in [0, 0.1) is 0 Å². The summed E-state index contributed by atoms with van der Waals surface area (Å²) in [5, 5.41) is 41.8. The second-order valence-corrected chi connectivity index (χ2v) is 10.6. The Morgan fingerprint density at radius 2 is 0.284 bits per heavy atom. The van der Waals surface area contributed by atoms with Crippen molar-refractivity contribution >= 4 is 0 Å². The Hall–Kier alpha value is 1.61. The van der Waals surface area contributed by atoms with Gasteiger partial charge in [0, 0.05) is 56.9 Å². The number of halogens is 24. The van der Waals surface area contributed by atoms with Gasteiger partial charge in [0.05, 0.1) is 75.3 Å². The summed E-state index contributed by atoms with van der Waals surface area (Å²) in [5.74, 6) is 0. The molecule has 12 nitrogen and oxygen atoms in total. The predicted octanol–water partition coefficient (Wildman–Crippen LogP) is -2.01. The van der Waals surface area contributed by atoms with Crippen LogP contribution in [-0.4, -0.2) is 182 Å². The summed E-state index contributed by atoms with van der Waals surface area (Å²) >= 11 is 0. The monoisotopic (exact) mass is 1160 g/mol. The van der Waals surface area contributed by atoms with Gasteiger partial charge in [-0.05, 0) is 0 Å². The quantitative estimate of drug-likeness (QED) is 0.107. The smallest absolute Gasteiger partial charge is 0.837 e. The summed E-state index contributed by atoms with van der Waals surface area (Å²) in [7, 11) is 13.2. The van der Waals surface area contributed by atoms with E-state index in [-0.39, 0.29) is 119 Å².